The van der Waals surface area contributed by atoms with E-state index < -0.39 is 11.2 Å². The van der Waals surface area contributed by atoms with Crippen molar-refractivity contribution in [2.24, 2.45) is 0 Å². The number of hydrogen-bond acceptors (Lipinski definition) is 1. The third-order valence-corrected chi connectivity index (χ3v) is 1.55. The topological polar surface area (TPSA) is 23.1 Å². The maximum absolute atomic E-state index is 10.3. The summed E-state index contributed by atoms with van der Waals surface area (Å²) in [7, 11) is 0. The summed E-state index contributed by atoms with van der Waals surface area (Å²) in [5.74, 6) is 0.809. The minimum absolute atomic E-state index is 0.605. The van der Waals surface area contributed by atoms with E-state index in [2.05, 4.69) is 6.92 Å². The lowest BCUT2D eigenvalue weighted by Gasteiger charge is -2.00. The van der Waals surface area contributed by atoms with Crippen molar-refractivity contribution in [2.45, 2.75) is 12.8 Å². The smallest absolute Gasteiger partial charge is 0.105 e. The molecule has 0 spiro atoms. The van der Waals surface area contributed by atoms with Crippen LogP contribution < -0.4 is 0 Å². The molecule has 0 fully saturated rings. The molecule has 2 heteroatoms. The first-order valence-electron chi connectivity index (χ1n) is 2.36. The molecule has 0 aromatic heterocycles. The van der Waals surface area contributed by atoms with E-state index in [0.717, 1.165) is 18.6 Å². The highest BCUT2D eigenvalue weighted by molar-refractivity contribution is 7.90. The first-order chi connectivity index (χ1) is 3.27. The fraction of sp³-hybridized carbons (Fsp3) is 0.800. The second kappa shape index (κ2) is 4.47. The molecule has 1 unspecified atom stereocenters. The molecule has 0 aliphatic rings. The van der Waals surface area contributed by atoms with Gasteiger partial charge in [-0.05, 0) is 12.8 Å². The lowest BCUT2D eigenvalue weighted by Crippen LogP contribution is -2.01. The Kier molecular flexibility index (Phi) is 4.67. The van der Waals surface area contributed by atoms with Gasteiger partial charge in [-0.3, -0.25) is 0 Å². The molecule has 43 valence electrons. The van der Waals surface area contributed by atoms with E-state index in [4.69, 9.17) is 0 Å². The van der Waals surface area contributed by atoms with Crippen molar-refractivity contribution in [3.63, 3.8) is 0 Å². The van der Waals surface area contributed by atoms with Gasteiger partial charge >= 0.3 is 0 Å². The summed E-state index contributed by atoms with van der Waals surface area (Å²) in [5, 5.41) is 0. The molecule has 0 saturated heterocycles. The SMILES string of the molecule is [CH2]CCC[S+](C)[O-]. The van der Waals surface area contributed by atoms with Gasteiger partial charge in [0.15, 0.2) is 0 Å². The minimum Gasteiger partial charge on any atom is -0.617 e. The Morgan fingerprint density at radius 3 is 2.43 bits per heavy atom. The Morgan fingerprint density at radius 2 is 2.29 bits per heavy atom. The van der Waals surface area contributed by atoms with Crippen LogP contribution in [0.2, 0.25) is 0 Å². The summed E-state index contributed by atoms with van der Waals surface area (Å²) in [6.07, 6.45) is 3.61. The Bertz CT molecular complexity index is 37.1. The average Bonchev–Trinajstić information content (AvgIpc) is 1.61. The zero-order valence-corrected chi connectivity index (χ0v) is 5.46. The Labute approximate surface area is 48.3 Å². The van der Waals surface area contributed by atoms with Crippen LogP contribution in [0.5, 0.6) is 0 Å². The lowest BCUT2D eigenvalue weighted by atomic mass is 10.4. The van der Waals surface area contributed by atoms with Crippen LogP contribution in [0.3, 0.4) is 0 Å². The maximum Gasteiger partial charge on any atom is 0.105 e. The van der Waals surface area contributed by atoms with E-state index in [1.54, 1.807) is 6.26 Å². The molecule has 0 saturated carbocycles. The van der Waals surface area contributed by atoms with Crippen molar-refractivity contribution in [2.75, 3.05) is 12.0 Å². The molecular formula is C5H11OS. The van der Waals surface area contributed by atoms with E-state index in [0.29, 0.717) is 0 Å². The molecule has 1 radical (unpaired) electrons. The summed E-state index contributed by atoms with van der Waals surface area (Å²) in [6.45, 7) is 3.62. The number of rotatable bonds is 3. The van der Waals surface area contributed by atoms with Crippen LogP contribution in [0.4, 0.5) is 0 Å². The van der Waals surface area contributed by atoms with Crippen LogP contribution in [0.15, 0.2) is 0 Å². The van der Waals surface area contributed by atoms with Gasteiger partial charge < -0.3 is 4.55 Å². The lowest BCUT2D eigenvalue weighted by molar-refractivity contribution is 0.598. The van der Waals surface area contributed by atoms with Crippen molar-refractivity contribution in [3.8, 4) is 0 Å². The predicted molar refractivity (Wildman–Crippen MR) is 33.5 cm³/mol. The Hall–Kier alpha value is 0.310. The highest BCUT2D eigenvalue weighted by Crippen LogP contribution is 1.90. The molecule has 7 heavy (non-hydrogen) atoms. The van der Waals surface area contributed by atoms with Gasteiger partial charge in [-0.15, -0.1) is 0 Å². The molecule has 0 aromatic carbocycles. The molecule has 1 nitrogen and oxygen atoms in total. The maximum atomic E-state index is 10.3. The van der Waals surface area contributed by atoms with E-state index >= 15 is 0 Å². The first-order valence-corrected chi connectivity index (χ1v) is 4.09. The van der Waals surface area contributed by atoms with Gasteiger partial charge in [0.2, 0.25) is 0 Å². The molecule has 0 bridgehead atoms. The van der Waals surface area contributed by atoms with Gasteiger partial charge in [-0.2, -0.15) is 0 Å². The highest BCUT2D eigenvalue weighted by Gasteiger charge is 1.91. The van der Waals surface area contributed by atoms with Crippen LogP contribution in [0, 0.1) is 6.92 Å². The third kappa shape index (κ3) is 6.31. The van der Waals surface area contributed by atoms with Gasteiger partial charge in [0.25, 0.3) is 0 Å². The van der Waals surface area contributed by atoms with Gasteiger partial charge in [0.1, 0.15) is 5.75 Å². The fourth-order valence-corrected chi connectivity index (χ4v) is 0.916. The van der Waals surface area contributed by atoms with Crippen molar-refractivity contribution in [3.05, 3.63) is 6.92 Å². The summed E-state index contributed by atoms with van der Waals surface area (Å²) in [6, 6.07) is 0. The van der Waals surface area contributed by atoms with Crippen molar-refractivity contribution in [1.82, 2.24) is 0 Å². The fourth-order valence-electron chi connectivity index (χ4n) is 0.305. The van der Waals surface area contributed by atoms with E-state index in [1.165, 1.54) is 0 Å². The van der Waals surface area contributed by atoms with E-state index in [-0.39, 0.29) is 0 Å². The normalized spacial score (nSPS) is 14.1. The molecule has 0 aromatic rings. The zero-order chi connectivity index (χ0) is 5.70. The molecule has 0 rings (SSSR count). The van der Waals surface area contributed by atoms with Gasteiger partial charge in [-0.25, -0.2) is 0 Å². The zero-order valence-electron chi connectivity index (χ0n) is 4.64. The molecule has 1 atom stereocenters. The van der Waals surface area contributed by atoms with Gasteiger partial charge in [0.05, 0.1) is 6.26 Å². The number of hydrogen-bond donors (Lipinski definition) is 0. The van der Waals surface area contributed by atoms with E-state index in [1.807, 2.05) is 0 Å². The highest BCUT2D eigenvalue weighted by atomic mass is 32.2. The van der Waals surface area contributed by atoms with Crippen LogP contribution in [-0.4, -0.2) is 16.6 Å². The Balaban J connectivity index is 2.68. The van der Waals surface area contributed by atoms with Crippen LogP contribution in [-0.2, 0) is 11.2 Å². The third-order valence-electron chi connectivity index (χ3n) is 0.682. The second-order valence-corrected chi connectivity index (χ2v) is 3.04. The largest absolute Gasteiger partial charge is 0.617 e. The molecule has 0 aliphatic heterocycles. The monoisotopic (exact) mass is 119 g/mol. The molecule has 0 heterocycles. The minimum atomic E-state index is -0.605. The predicted octanol–water partition coefficient (Wildman–Crippen LogP) is 0.979. The summed E-state index contributed by atoms with van der Waals surface area (Å²) in [5.41, 5.74) is 0. The van der Waals surface area contributed by atoms with Crippen LogP contribution >= 0.6 is 0 Å². The molecule has 0 aliphatic carbocycles. The second-order valence-electron chi connectivity index (χ2n) is 1.48. The molecular weight excluding hydrogens is 108 g/mol. The number of unbranched alkanes of at least 4 members (excludes halogenated alkanes) is 1. The standard InChI is InChI=1S/C5H11OS/c1-3-4-5-7(2)6/h1,3-5H2,2H3. The quantitative estimate of drug-likeness (QED) is 0.508. The van der Waals surface area contributed by atoms with Gasteiger partial charge in [-0.1, -0.05) is 18.1 Å². The van der Waals surface area contributed by atoms with Crippen molar-refractivity contribution >= 4 is 11.2 Å². The van der Waals surface area contributed by atoms with E-state index in [9.17, 15) is 4.55 Å². The van der Waals surface area contributed by atoms with Crippen LogP contribution in [0.25, 0.3) is 0 Å². The first kappa shape index (κ1) is 7.31. The van der Waals surface area contributed by atoms with Crippen molar-refractivity contribution in [1.29, 1.82) is 0 Å². The molecule has 0 N–H and O–H groups in total. The van der Waals surface area contributed by atoms with Gasteiger partial charge in [0, 0.05) is 0 Å². The molecule has 0 amide bonds. The summed E-state index contributed by atoms with van der Waals surface area (Å²) < 4.78 is 10.3. The van der Waals surface area contributed by atoms with Crippen molar-refractivity contribution < 1.29 is 4.55 Å². The van der Waals surface area contributed by atoms with Crippen LogP contribution in [0.1, 0.15) is 12.8 Å². The average molecular weight is 119 g/mol. The summed E-state index contributed by atoms with van der Waals surface area (Å²) in [4.78, 5) is 0. The Morgan fingerprint density at radius 1 is 1.71 bits per heavy atom. The summed E-state index contributed by atoms with van der Waals surface area (Å²) >= 11 is -0.605.